The maximum atomic E-state index is 11.4. The molecule has 0 atom stereocenters. The Morgan fingerprint density at radius 3 is 2.43 bits per heavy atom. The van der Waals surface area contributed by atoms with Crippen LogP contribution in [0.1, 0.15) is 12.5 Å². The van der Waals surface area contributed by atoms with E-state index in [9.17, 15) is 10.1 Å². The van der Waals surface area contributed by atoms with Crippen LogP contribution in [0.5, 0.6) is 0 Å². The number of para-hydroxylation sites is 1. The van der Waals surface area contributed by atoms with Crippen molar-refractivity contribution < 1.29 is 4.92 Å². The normalized spacial score (nSPS) is 10.2. The summed E-state index contributed by atoms with van der Waals surface area (Å²) in [7, 11) is 0. The second kappa shape index (κ2) is 6.58. The highest BCUT2D eigenvalue weighted by molar-refractivity contribution is 9.10. The zero-order valence-corrected chi connectivity index (χ0v) is 13.4. The van der Waals surface area contributed by atoms with Crippen LogP contribution in [-0.4, -0.2) is 11.5 Å². The molecule has 6 heteroatoms. The topological polar surface area (TPSA) is 67.2 Å². The molecule has 0 unspecified atom stereocenters. The predicted molar refractivity (Wildman–Crippen MR) is 89.4 cm³/mol. The summed E-state index contributed by atoms with van der Waals surface area (Å²) in [5.41, 5.74) is 2.88. The van der Waals surface area contributed by atoms with Crippen LogP contribution in [0, 0.1) is 17.0 Å². The molecule has 0 saturated carbocycles. The fourth-order valence-corrected chi connectivity index (χ4v) is 2.43. The van der Waals surface area contributed by atoms with Crippen LogP contribution in [0.3, 0.4) is 0 Å². The summed E-state index contributed by atoms with van der Waals surface area (Å²) >= 11 is 3.46. The van der Waals surface area contributed by atoms with Crippen LogP contribution >= 0.6 is 15.9 Å². The summed E-state index contributed by atoms with van der Waals surface area (Å²) in [6, 6.07) is 10.9. The smallest absolute Gasteiger partial charge is 0.315 e. The summed E-state index contributed by atoms with van der Waals surface area (Å²) < 4.78 is 0.956. The minimum absolute atomic E-state index is 0.0544. The van der Waals surface area contributed by atoms with Crippen molar-refractivity contribution in [2.45, 2.75) is 13.8 Å². The molecule has 21 heavy (non-hydrogen) atoms. The molecule has 0 aliphatic carbocycles. The zero-order chi connectivity index (χ0) is 15.4. The Balaban J connectivity index is 2.46. The molecule has 110 valence electrons. The fraction of sp³-hybridized carbons (Fsp3) is 0.200. The van der Waals surface area contributed by atoms with Crippen molar-refractivity contribution in [1.29, 1.82) is 0 Å². The van der Waals surface area contributed by atoms with Crippen LogP contribution in [0.15, 0.2) is 40.9 Å². The lowest BCUT2D eigenvalue weighted by Crippen LogP contribution is -2.04. The van der Waals surface area contributed by atoms with E-state index in [1.54, 1.807) is 18.2 Å². The molecule has 2 aromatic carbocycles. The van der Waals surface area contributed by atoms with Gasteiger partial charge in [0.25, 0.3) is 0 Å². The van der Waals surface area contributed by atoms with Gasteiger partial charge in [-0.2, -0.15) is 0 Å². The Hall–Kier alpha value is -2.08. The number of nitro groups is 1. The first-order chi connectivity index (χ1) is 10.0. The molecule has 0 fully saturated rings. The van der Waals surface area contributed by atoms with Crippen molar-refractivity contribution in [3.8, 4) is 0 Å². The van der Waals surface area contributed by atoms with Crippen molar-refractivity contribution in [2.75, 3.05) is 17.2 Å². The van der Waals surface area contributed by atoms with E-state index in [1.807, 2.05) is 32.0 Å². The lowest BCUT2D eigenvalue weighted by atomic mass is 10.1. The number of hydrogen-bond acceptors (Lipinski definition) is 4. The summed E-state index contributed by atoms with van der Waals surface area (Å²) in [5, 5.41) is 17.5. The number of benzene rings is 2. The maximum Gasteiger partial charge on any atom is 0.315 e. The number of nitro benzene ring substituents is 1. The molecule has 0 saturated heterocycles. The minimum Gasteiger partial charge on any atom is -0.380 e. The van der Waals surface area contributed by atoms with Crippen LogP contribution in [0.25, 0.3) is 0 Å². The Morgan fingerprint density at radius 2 is 1.76 bits per heavy atom. The number of halogens is 1. The van der Waals surface area contributed by atoms with Gasteiger partial charge in [0, 0.05) is 16.7 Å². The molecular formula is C15H16BrN3O2. The van der Waals surface area contributed by atoms with Gasteiger partial charge in [-0.15, -0.1) is 0 Å². The first-order valence-electron chi connectivity index (χ1n) is 6.58. The molecule has 2 N–H and O–H groups in total. The van der Waals surface area contributed by atoms with Crippen molar-refractivity contribution in [3.63, 3.8) is 0 Å². The van der Waals surface area contributed by atoms with Gasteiger partial charge in [-0.05, 0) is 43.7 Å². The molecular weight excluding hydrogens is 334 g/mol. The molecule has 0 aliphatic heterocycles. The van der Waals surface area contributed by atoms with Gasteiger partial charge in [-0.1, -0.05) is 28.1 Å². The molecule has 2 rings (SSSR count). The molecule has 0 heterocycles. The first-order valence-corrected chi connectivity index (χ1v) is 7.37. The molecule has 0 spiro atoms. The van der Waals surface area contributed by atoms with E-state index in [1.165, 1.54) is 0 Å². The minimum atomic E-state index is -0.367. The third-order valence-electron chi connectivity index (χ3n) is 3.12. The largest absolute Gasteiger partial charge is 0.380 e. The summed E-state index contributed by atoms with van der Waals surface area (Å²) in [6.45, 7) is 4.48. The van der Waals surface area contributed by atoms with E-state index in [-0.39, 0.29) is 10.6 Å². The number of nitrogens with zero attached hydrogens (tertiary/aromatic N) is 1. The molecule has 5 nitrogen and oxygen atoms in total. The zero-order valence-electron chi connectivity index (χ0n) is 11.8. The number of hydrogen-bond donors (Lipinski definition) is 2. The van der Waals surface area contributed by atoms with E-state index in [0.717, 1.165) is 15.7 Å². The van der Waals surface area contributed by atoms with Crippen LogP contribution in [-0.2, 0) is 0 Å². The Labute approximate surface area is 131 Å². The third-order valence-corrected chi connectivity index (χ3v) is 3.98. The highest BCUT2D eigenvalue weighted by atomic mass is 79.9. The summed E-state index contributed by atoms with van der Waals surface area (Å²) in [6.07, 6.45) is 0. The van der Waals surface area contributed by atoms with Gasteiger partial charge in [-0.3, -0.25) is 10.1 Å². The van der Waals surface area contributed by atoms with Crippen LogP contribution < -0.4 is 10.6 Å². The predicted octanol–water partition coefficient (Wildman–Crippen LogP) is 4.84. The standard InChI is InChI=1S/C15H16BrN3O2/c1-3-17-13-8-5-9-14(15(13)19(20)21)18-12-7-4-6-11(16)10(12)2/h4-9,17-18H,3H2,1-2H3. The molecule has 0 bridgehead atoms. The third kappa shape index (κ3) is 3.33. The average Bonchev–Trinajstić information content (AvgIpc) is 2.44. The van der Waals surface area contributed by atoms with E-state index >= 15 is 0 Å². The summed E-state index contributed by atoms with van der Waals surface area (Å²) in [4.78, 5) is 11.0. The maximum absolute atomic E-state index is 11.4. The van der Waals surface area contributed by atoms with Gasteiger partial charge in [0.05, 0.1) is 4.92 Å². The molecule has 0 amide bonds. The first kappa shape index (κ1) is 15.3. The average molecular weight is 350 g/mol. The Kier molecular flexibility index (Phi) is 4.80. The van der Waals surface area contributed by atoms with Gasteiger partial charge in [0.15, 0.2) is 0 Å². The highest BCUT2D eigenvalue weighted by Gasteiger charge is 2.19. The van der Waals surface area contributed by atoms with Gasteiger partial charge in [0.1, 0.15) is 11.4 Å². The quantitative estimate of drug-likeness (QED) is 0.598. The molecule has 0 aliphatic rings. The van der Waals surface area contributed by atoms with Crippen molar-refractivity contribution in [3.05, 3.63) is 56.5 Å². The highest BCUT2D eigenvalue weighted by Crippen LogP contribution is 2.36. The van der Waals surface area contributed by atoms with E-state index in [0.29, 0.717) is 17.9 Å². The molecule has 0 aromatic heterocycles. The molecule has 0 radical (unpaired) electrons. The number of anilines is 3. The number of nitrogens with one attached hydrogen (secondary N) is 2. The second-order valence-corrected chi connectivity index (χ2v) is 5.38. The lowest BCUT2D eigenvalue weighted by Gasteiger charge is -2.13. The molecule has 2 aromatic rings. The van der Waals surface area contributed by atoms with Gasteiger partial charge in [-0.25, -0.2) is 0 Å². The van der Waals surface area contributed by atoms with Gasteiger partial charge in [0.2, 0.25) is 0 Å². The Bertz CT molecular complexity index is 674. The monoisotopic (exact) mass is 349 g/mol. The van der Waals surface area contributed by atoms with Crippen LogP contribution in [0.2, 0.25) is 0 Å². The SMILES string of the molecule is CCNc1cccc(Nc2cccc(Br)c2C)c1[N+](=O)[O-]. The lowest BCUT2D eigenvalue weighted by molar-refractivity contribution is -0.383. The van der Waals surface area contributed by atoms with Crippen molar-refractivity contribution in [1.82, 2.24) is 0 Å². The number of rotatable bonds is 5. The Morgan fingerprint density at radius 1 is 1.14 bits per heavy atom. The van der Waals surface area contributed by atoms with E-state index in [2.05, 4.69) is 26.6 Å². The van der Waals surface area contributed by atoms with Crippen LogP contribution in [0.4, 0.5) is 22.7 Å². The fourth-order valence-electron chi connectivity index (χ4n) is 2.06. The van der Waals surface area contributed by atoms with E-state index in [4.69, 9.17) is 0 Å². The van der Waals surface area contributed by atoms with Crippen molar-refractivity contribution >= 4 is 38.7 Å². The van der Waals surface area contributed by atoms with E-state index < -0.39 is 0 Å². The second-order valence-electron chi connectivity index (χ2n) is 4.53. The van der Waals surface area contributed by atoms with Gasteiger partial charge >= 0.3 is 5.69 Å². The summed E-state index contributed by atoms with van der Waals surface area (Å²) in [5.74, 6) is 0. The van der Waals surface area contributed by atoms with Crippen molar-refractivity contribution in [2.24, 2.45) is 0 Å². The van der Waals surface area contributed by atoms with Gasteiger partial charge < -0.3 is 10.6 Å².